The molecule has 0 amide bonds. The van der Waals surface area contributed by atoms with Gasteiger partial charge >= 0.3 is 0 Å². The van der Waals surface area contributed by atoms with Crippen LogP contribution in [0.4, 0.5) is 0 Å². The highest BCUT2D eigenvalue weighted by Crippen LogP contribution is 2.20. The quantitative estimate of drug-likeness (QED) is 0.813. The molecule has 2 nitrogen and oxygen atoms in total. The van der Waals surface area contributed by atoms with Gasteiger partial charge in [-0.1, -0.05) is 24.8 Å². The van der Waals surface area contributed by atoms with E-state index in [1.807, 2.05) is 26.0 Å². The molecule has 82 valence electrons. The molecular formula is C11H13ClO2S. The van der Waals surface area contributed by atoms with Crippen LogP contribution >= 0.6 is 23.6 Å². The first kappa shape index (κ1) is 12.4. The number of thioether (sulfide) groups is 1. The lowest BCUT2D eigenvalue weighted by Gasteiger charge is -2.05. The van der Waals surface area contributed by atoms with E-state index in [9.17, 15) is 4.79 Å². The van der Waals surface area contributed by atoms with Crippen molar-refractivity contribution in [2.75, 3.05) is 5.75 Å². The van der Waals surface area contributed by atoms with Crippen molar-refractivity contribution in [3.63, 3.8) is 0 Å². The second-order valence-corrected chi connectivity index (χ2v) is 4.62. The van der Waals surface area contributed by atoms with Crippen molar-refractivity contribution in [2.24, 2.45) is 0 Å². The van der Waals surface area contributed by atoms with Gasteiger partial charge in [0.25, 0.3) is 0 Å². The number of hydrogen-bond donors (Lipinski definition) is 0. The molecule has 0 aromatic heterocycles. The van der Waals surface area contributed by atoms with Gasteiger partial charge < -0.3 is 4.29 Å². The highest BCUT2D eigenvalue weighted by atomic mass is 35.5. The minimum Gasteiger partial charge on any atom is -0.386 e. The highest BCUT2D eigenvalue weighted by Gasteiger charge is 2.06. The van der Waals surface area contributed by atoms with Crippen LogP contribution in [0.5, 0.6) is 5.75 Å². The predicted molar refractivity (Wildman–Crippen MR) is 64.5 cm³/mol. The Morgan fingerprint density at radius 2 is 2.27 bits per heavy atom. The third kappa shape index (κ3) is 3.76. The highest BCUT2D eigenvalue weighted by molar-refractivity contribution is 8.13. The van der Waals surface area contributed by atoms with E-state index in [2.05, 4.69) is 4.29 Å². The summed E-state index contributed by atoms with van der Waals surface area (Å²) in [6, 6.07) is 5.46. The molecule has 4 heteroatoms. The van der Waals surface area contributed by atoms with Gasteiger partial charge in [0.05, 0.1) is 0 Å². The van der Waals surface area contributed by atoms with E-state index in [1.54, 1.807) is 6.07 Å². The van der Waals surface area contributed by atoms with Crippen LogP contribution in [0.1, 0.15) is 18.1 Å². The molecule has 15 heavy (non-hydrogen) atoms. The van der Waals surface area contributed by atoms with Gasteiger partial charge in [0.1, 0.15) is 17.6 Å². The average molecular weight is 245 g/mol. The Kier molecular flexibility index (Phi) is 4.99. The van der Waals surface area contributed by atoms with Crippen molar-refractivity contribution < 1.29 is 9.08 Å². The minimum atomic E-state index is 0.195. The Balaban J connectivity index is 2.73. The van der Waals surface area contributed by atoms with Crippen LogP contribution in [0.25, 0.3) is 0 Å². The number of rotatable bonds is 4. The molecule has 0 atom stereocenters. The lowest BCUT2D eigenvalue weighted by molar-refractivity contribution is -0.110. The van der Waals surface area contributed by atoms with E-state index in [0.717, 1.165) is 16.9 Å². The third-order valence-electron chi connectivity index (χ3n) is 2.04. The molecule has 1 aromatic carbocycles. The first-order chi connectivity index (χ1) is 7.17. The maximum Gasteiger partial charge on any atom is 0.193 e. The van der Waals surface area contributed by atoms with Gasteiger partial charge in [-0.05, 0) is 35.9 Å². The zero-order valence-corrected chi connectivity index (χ0v) is 10.3. The van der Waals surface area contributed by atoms with Gasteiger partial charge in [-0.3, -0.25) is 4.79 Å². The topological polar surface area (TPSA) is 26.3 Å². The molecule has 0 N–H and O–H groups in total. The lowest BCUT2D eigenvalue weighted by Crippen LogP contribution is -2.00. The maximum atomic E-state index is 11.4. The van der Waals surface area contributed by atoms with Crippen LogP contribution < -0.4 is 4.29 Å². The zero-order chi connectivity index (χ0) is 11.3. The Morgan fingerprint density at radius 1 is 1.53 bits per heavy atom. The van der Waals surface area contributed by atoms with E-state index < -0.39 is 0 Å². The van der Waals surface area contributed by atoms with Crippen LogP contribution in [0, 0.1) is 6.92 Å². The smallest absolute Gasteiger partial charge is 0.193 e. The number of carbonyl (C=O) groups excluding carboxylic acids is 1. The molecule has 1 rings (SSSR count). The van der Waals surface area contributed by atoms with Gasteiger partial charge in [-0.25, -0.2) is 0 Å². The molecule has 0 saturated carbocycles. The van der Waals surface area contributed by atoms with Crippen molar-refractivity contribution in [3.05, 3.63) is 29.3 Å². The monoisotopic (exact) mass is 244 g/mol. The van der Waals surface area contributed by atoms with E-state index in [4.69, 9.17) is 11.9 Å². The number of aryl methyl sites for hydroxylation is 1. The van der Waals surface area contributed by atoms with E-state index in [0.29, 0.717) is 12.2 Å². The van der Waals surface area contributed by atoms with Crippen LogP contribution in [0.2, 0.25) is 0 Å². The standard InChI is InChI=1S/C11H13ClO2S/c1-3-15-11(13)7-9-4-5-10(14-12)6-8(9)2/h4-6H,3,7H2,1-2H3. The first-order valence-electron chi connectivity index (χ1n) is 4.71. The second-order valence-electron chi connectivity index (χ2n) is 3.15. The van der Waals surface area contributed by atoms with Crippen molar-refractivity contribution >= 4 is 28.7 Å². The number of hydrogen-bond acceptors (Lipinski definition) is 3. The Morgan fingerprint density at radius 3 is 2.80 bits per heavy atom. The van der Waals surface area contributed by atoms with Gasteiger partial charge in [-0.15, -0.1) is 0 Å². The van der Waals surface area contributed by atoms with Crippen LogP contribution in [0.3, 0.4) is 0 Å². The molecule has 0 aliphatic carbocycles. The van der Waals surface area contributed by atoms with Crippen molar-refractivity contribution in [2.45, 2.75) is 20.3 Å². The summed E-state index contributed by atoms with van der Waals surface area (Å²) in [6.45, 7) is 3.92. The fourth-order valence-corrected chi connectivity index (χ4v) is 1.96. The maximum absolute atomic E-state index is 11.4. The second kappa shape index (κ2) is 6.03. The third-order valence-corrected chi connectivity index (χ3v) is 2.98. The molecule has 0 aliphatic rings. The van der Waals surface area contributed by atoms with Crippen molar-refractivity contribution in [1.29, 1.82) is 0 Å². The number of halogens is 1. The predicted octanol–water partition coefficient (Wildman–Crippen LogP) is 3.35. The largest absolute Gasteiger partial charge is 0.386 e. The Hall–Kier alpha value is -0.670. The van der Waals surface area contributed by atoms with E-state index in [-0.39, 0.29) is 5.12 Å². The summed E-state index contributed by atoms with van der Waals surface area (Å²) in [5.74, 6) is 1.43. The van der Waals surface area contributed by atoms with Gasteiger partial charge in [-0.2, -0.15) is 0 Å². The van der Waals surface area contributed by atoms with Crippen molar-refractivity contribution in [3.8, 4) is 5.75 Å². The molecule has 0 unspecified atom stereocenters. The summed E-state index contributed by atoms with van der Waals surface area (Å²) in [4.78, 5) is 11.4. The summed E-state index contributed by atoms with van der Waals surface area (Å²) >= 11 is 6.58. The van der Waals surface area contributed by atoms with Crippen LogP contribution in [-0.2, 0) is 11.2 Å². The number of benzene rings is 1. The Labute approximate surface area is 99.1 Å². The van der Waals surface area contributed by atoms with Crippen LogP contribution in [-0.4, -0.2) is 10.9 Å². The van der Waals surface area contributed by atoms with E-state index in [1.165, 1.54) is 11.8 Å². The zero-order valence-electron chi connectivity index (χ0n) is 8.75. The molecule has 0 bridgehead atoms. The molecular weight excluding hydrogens is 232 g/mol. The molecule has 0 saturated heterocycles. The van der Waals surface area contributed by atoms with Gasteiger partial charge in [0.2, 0.25) is 0 Å². The summed E-state index contributed by atoms with van der Waals surface area (Å²) in [5.41, 5.74) is 2.05. The molecule has 0 spiro atoms. The summed E-state index contributed by atoms with van der Waals surface area (Å²) < 4.78 is 4.58. The molecule has 0 aliphatic heterocycles. The normalized spacial score (nSPS) is 10.1. The summed E-state index contributed by atoms with van der Waals surface area (Å²) in [7, 11) is 0. The van der Waals surface area contributed by atoms with Crippen molar-refractivity contribution in [1.82, 2.24) is 0 Å². The van der Waals surface area contributed by atoms with Gasteiger partial charge in [0.15, 0.2) is 5.12 Å². The first-order valence-corrected chi connectivity index (χ1v) is 6.00. The lowest BCUT2D eigenvalue weighted by atomic mass is 10.1. The minimum absolute atomic E-state index is 0.195. The fourth-order valence-electron chi connectivity index (χ4n) is 1.28. The van der Waals surface area contributed by atoms with E-state index >= 15 is 0 Å². The summed E-state index contributed by atoms with van der Waals surface area (Å²) in [5, 5.41) is 0.195. The van der Waals surface area contributed by atoms with Crippen LogP contribution in [0.15, 0.2) is 18.2 Å². The number of carbonyl (C=O) groups is 1. The average Bonchev–Trinajstić information content (AvgIpc) is 2.21. The molecule has 0 fully saturated rings. The van der Waals surface area contributed by atoms with Gasteiger partial charge in [0, 0.05) is 6.42 Å². The summed E-state index contributed by atoms with van der Waals surface area (Å²) in [6.07, 6.45) is 0.465. The Bertz CT molecular complexity index is 352. The molecule has 0 heterocycles. The fraction of sp³-hybridized carbons (Fsp3) is 0.364. The molecule has 1 aromatic rings. The SMILES string of the molecule is CCSC(=O)Cc1ccc(OCl)cc1C. The molecule has 0 radical (unpaired) electrons.